The second kappa shape index (κ2) is 2.54. The van der Waals surface area contributed by atoms with Crippen molar-refractivity contribution in [1.82, 2.24) is 4.90 Å². The van der Waals surface area contributed by atoms with Crippen molar-refractivity contribution in [3.05, 3.63) is 0 Å². The number of hydrogen-bond acceptors (Lipinski definition) is 3. The molecule has 4 heteroatoms. The molecule has 0 radical (unpaired) electrons. The predicted molar refractivity (Wildman–Crippen MR) is 44.5 cm³/mol. The molecule has 72 valence electrons. The van der Waals surface area contributed by atoms with E-state index in [1.165, 1.54) is 4.90 Å². The Morgan fingerprint density at radius 1 is 1.31 bits per heavy atom. The van der Waals surface area contributed by atoms with Crippen LogP contribution in [0.2, 0.25) is 0 Å². The van der Waals surface area contributed by atoms with Gasteiger partial charge < -0.3 is 5.11 Å². The average molecular weight is 183 g/mol. The molecule has 0 aromatic rings. The van der Waals surface area contributed by atoms with Crippen molar-refractivity contribution in [3.63, 3.8) is 0 Å². The zero-order valence-electron chi connectivity index (χ0n) is 7.73. The molecule has 1 saturated heterocycles. The first-order valence-electron chi connectivity index (χ1n) is 4.57. The number of likely N-dealkylation sites (tertiary alicyclic amines) is 1. The monoisotopic (exact) mass is 183 g/mol. The summed E-state index contributed by atoms with van der Waals surface area (Å²) in [6.45, 7) is 3.61. The number of amides is 2. The largest absolute Gasteiger partial charge is 0.396 e. The minimum Gasteiger partial charge on any atom is -0.396 e. The van der Waals surface area contributed by atoms with Crippen LogP contribution in [0, 0.1) is 17.8 Å². The molecule has 2 aliphatic rings. The normalized spacial score (nSPS) is 37.2. The molecule has 1 heterocycles. The topological polar surface area (TPSA) is 57.6 Å². The van der Waals surface area contributed by atoms with Crippen LogP contribution in [0.5, 0.6) is 0 Å². The summed E-state index contributed by atoms with van der Waals surface area (Å²) in [5.74, 6) is -0.692. The Hall–Kier alpha value is -0.900. The lowest BCUT2D eigenvalue weighted by Gasteiger charge is -2.21. The highest BCUT2D eigenvalue weighted by atomic mass is 16.3. The van der Waals surface area contributed by atoms with Crippen molar-refractivity contribution in [3.8, 4) is 0 Å². The number of carbonyl (C=O) groups is 2. The van der Waals surface area contributed by atoms with E-state index in [-0.39, 0.29) is 42.2 Å². The van der Waals surface area contributed by atoms with Crippen molar-refractivity contribution < 1.29 is 14.7 Å². The number of carbonyl (C=O) groups excluding carboxylic acids is 2. The fourth-order valence-electron chi connectivity index (χ4n) is 2.21. The van der Waals surface area contributed by atoms with Crippen LogP contribution in [0.25, 0.3) is 0 Å². The summed E-state index contributed by atoms with van der Waals surface area (Å²) in [6.07, 6.45) is 0. The highest BCUT2D eigenvalue weighted by Gasteiger charge is 2.67. The maximum Gasteiger partial charge on any atom is 0.233 e. The summed E-state index contributed by atoms with van der Waals surface area (Å²) >= 11 is 0. The summed E-state index contributed by atoms with van der Waals surface area (Å²) in [4.78, 5) is 24.4. The SMILES string of the molecule is CC(C)N1C(=O)C2C(CO)C2C1=O. The number of aliphatic hydroxyl groups is 1. The van der Waals surface area contributed by atoms with Gasteiger partial charge in [0.2, 0.25) is 11.8 Å². The smallest absolute Gasteiger partial charge is 0.233 e. The van der Waals surface area contributed by atoms with E-state index in [1.54, 1.807) is 0 Å². The zero-order chi connectivity index (χ0) is 9.75. The molecule has 2 fully saturated rings. The van der Waals surface area contributed by atoms with Gasteiger partial charge in [-0.3, -0.25) is 14.5 Å². The predicted octanol–water partition coefficient (Wildman–Crippen LogP) is -0.382. The molecule has 0 aromatic carbocycles. The third kappa shape index (κ3) is 0.950. The summed E-state index contributed by atoms with van der Waals surface area (Å²) in [5.41, 5.74) is 0. The van der Waals surface area contributed by atoms with E-state index < -0.39 is 0 Å². The Morgan fingerprint density at radius 3 is 2.08 bits per heavy atom. The van der Waals surface area contributed by atoms with Crippen LogP contribution in [-0.4, -0.2) is 34.5 Å². The molecule has 1 N–H and O–H groups in total. The standard InChI is InChI=1S/C9H13NO3/c1-4(2)10-8(12)6-5(3-11)7(6)9(10)13/h4-7,11H,3H2,1-2H3. The van der Waals surface area contributed by atoms with Gasteiger partial charge in [0.25, 0.3) is 0 Å². The lowest BCUT2D eigenvalue weighted by molar-refractivity contribution is -0.144. The molecule has 2 unspecified atom stereocenters. The fraction of sp³-hybridized carbons (Fsp3) is 0.778. The van der Waals surface area contributed by atoms with E-state index in [9.17, 15) is 9.59 Å². The van der Waals surface area contributed by atoms with E-state index in [1.807, 2.05) is 13.8 Å². The third-order valence-corrected chi connectivity index (χ3v) is 2.94. The molecular weight excluding hydrogens is 170 g/mol. The van der Waals surface area contributed by atoms with E-state index in [2.05, 4.69) is 0 Å². The number of fused-ring (bicyclic) bond motifs is 1. The summed E-state index contributed by atoms with van der Waals surface area (Å²) in [7, 11) is 0. The van der Waals surface area contributed by atoms with Gasteiger partial charge in [0.05, 0.1) is 11.8 Å². The highest BCUT2D eigenvalue weighted by Crippen LogP contribution is 2.53. The van der Waals surface area contributed by atoms with Gasteiger partial charge >= 0.3 is 0 Å². The lowest BCUT2D eigenvalue weighted by atomic mass is 10.2. The van der Waals surface area contributed by atoms with Gasteiger partial charge in [0.15, 0.2) is 0 Å². The summed E-state index contributed by atoms with van der Waals surface area (Å²) in [6, 6.07) is -0.0489. The van der Waals surface area contributed by atoms with Gasteiger partial charge in [-0.05, 0) is 13.8 Å². The molecule has 1 aliphatic carbocycles. The van der Waals surface area contributed by atoms with Crippen LogP contribution in [0.15, 0.2) is 0 Å². The molecule has 4 nitrogen and oxygen atoms in total. The Bertz CT molecular complexity index is 252. The van der Waals surface area contributed by atoms with Crippen molar-refractivity contribution in [2.75, 3.05) is 6.61 Å². The van der Waals surface area contributed by atoms with E-state index in [0.29, 0.717) is 0 Å². The minimum absolute atomic E-state index is 0.0429. The number of aliphatic hydroxyl groups excluding tert-OH is 1. The van der Waals surface area contributed by atoms with E-state index in [0.717, 1.165) is 0 Å². The van der Waals surface area contributed by atoms with Crippen molar-refractivity contribution >= 4 is 11.8 Å². The molecule has 0 aromatic heterocycles. The molecule has 2 rings (SSSR count). The molecule has 2 amide bonds. The molecule has 1 saturated carbocycles. The van der Waals surface area contributed by atoms with E-state index in [4.69, 9.17) is 5.11 Å². The van der Waals surface area contributed by atoms with Gasteiger partial charge in [-0.2, -0.15) is 0 Å². The molecule has 2 atom stereocenters. The Balaban J connectivity index is 2.17. The van der Waals surface area contributed by atoms with Gasteiger partial charge in [-0.1, -0.05) is 0 Å². The van der Waals surface area contributed by atoms with Gasteiger partial charge in [-0.15, -0.1) is 0 Å². The fourth-order valence-corrected chi connectivity index (χ4v) is 2.21. The average Bonchev–Trinajstić information content (AvgIpc) is 2.70. The maximum atomic E-state index is 11.6. The Labute approximate surface area is 76.5 Å². The van der Waals surface area contributed by atoms with Crippen LogP contribution in [-0.2, 0) is 9.59 Å². The lowest BCUT2D eigenvalue weighted by Crippen LogP contribution is -2.40. The van der Waals surface area contributed by atoms with Crippen molar-refractivity contribution in [2.24, 2.45) is 17.8 Å². The number of imide groups is 1. The quantitative estimate of drug-likeness (QED) is 0.593. The molecule has 0 bridgehead atoms. The van der Waals surface area contributed by atoms with E-state index >= 15 is 0 Å². The molecule has 0 spiro atoms. The molecule has 13 heavy (non-hydrogen) atoms. The van der Waals surface area contributed by atoms with Crippen LogP contribution in [0.1, 0.15) is 13.8 Å². The number of hydrogen-bond donors (Lipinski definition) is 1. The summed E-state index contributed by atoms with van der Waals surface area (Å²) < 4.78 is 0. The number of nitrogens with zero attached hydrogens (tertiary/aromatic N) is 1. The van der Waals surface area contributed by atoms with Crippen LogP contribution < -0.4 is 0 Å². The minimum atomic E-state index is -0.208. The molecule has 1 aliphatic heterocycles. The first-order valence-corrected chi connectivity index (χ1v) is 4.57. The third-order valence-electron chi connectivity index (χ3n) is 2.94. The molecular formula is C9H13NO3. The highest BCUT2D eigenvalue weighted by molar-refractivity contribution is 6.09. The number of rotatable bonds is 2. The summed E-state index contributed by atoms with van der Waals surface area (Å²) in [5, 5.41) is 8.85. The van der Waals surface area contributed by atoms with Gasteiger partial charge in [-0.25, -0.2) is 0 Å². The van der Waals surface area contributed by atoms with Gasteiger partial charge in [0, 0.05) is 18.6 Å². The second-order valence-electron chi connectivity index (χ2n) is 4.04. The zero-order valence-corrected chi connectivity index (χ0v) is 7.73. The van der Waals surface area contributed by atoms with Gasteiger partial charge in [0.1, 0.15) is 0 Å². The Morgan fingerprint density at radius 2 is 1.77 bits per heavy atom. The van der Waals surface area contributed by atoms with Crippen LogP contribution in [0.3, 0.4) is 0 Å². The second-order valence-corrected chi connectivity index (χ2v) is 4.04. The van der Waals surface area contributed by atoms with Crippen LogP contribution >= 0.6 is 0 Å². The first-order chi connectivity index (χ1) is 6.09. The number of piperidine rings is 1. The van der Waals surface area contributed by atoms with Crippen molar-refractivity contribution in [2.45, 2.75) is 19.9 Å². The Kier molecular flexibility index (Phi) is 1.70. The van der Waals surface area contributed by atoms with Crippen molar-refractivity contribution in [1.29, 1.82) is 0 Å². The van der Waals surface area contributed by atoms with Crippen LogP contribution in [0.4, 0.5) is 0 Å². The maximum absolute atomic E-state index is 11.6. The first kappa shape index (κ1) is 8.69.